The second-order valence-electron chi connectivity index (χ2n) is 11.1. The molecule has 0 amide bonds. The van der Waals surface area contributed by atoms with Gasteiger partial charge in [0.2, 0.25) is 0 Å². The minimum atomic E-state index is -0.928. The Hall–Kier alpha value is -3.55. The van der Waals surface area contributed by atoms with E-state index in [1.54, 1.807) is 39.1 Å². The molecule has 2 heterocycles. The third-order valence-electron chi connectivity index (χ3n) is 6.32. The van der Waals surface area contributed by atoms with Gasteiger partial charge in [0.1, 0.15) is 11.6 Å². The molecule has 0 unspecified atom stereocenters. The van der Waals surface area contributed by atoms with Crippen LogP contribution in [-0.4, -0.2) is 52.4 Å². The molecule has 0 saturated heterocycles. The summed E-state index contributed by atoms with van der Waals surface area (Å²) >= 11 is 0. The Morgan fingerprint density at radius 2 is 1.84 bits per heavy atom. The summed E-state index contributed by atoms with van der Waals surface area (Å²) in [6.07, 6.45) is 2.41. The van der Waals surface area contributed by atoms with Crippen LogP contribution >= 0.6 is 0 Å². The zero-order valence-corrected chi connectivity index (χ0v) is 22.9. The van der Waals surface area contributed by atoms with Crippen LogP contribution in [0.3, 0.4) is 0 Å². The summed E-state index contributed by atoms with van der Waals surface area (Å²) in [6.45, 7) is 8.17. The van der Waals surface area contributed by atoms with Crippen molar-refractivity contribution in [3.05, 3.63) is 70.7 Å². The molecular formula is C31H35FN2O4. The van der Waals surface area contributed by atoms with E-state index in [0.29, 0.717) is 35.1 Å². The van der Waals surface area contributed by atoms with Crippen molar-refractivity contribution < 1.29 is 24.1 Å². The number of halogens is 1. The van der Waals surface area contributed by atoms with Gasteiger partial charge >= 0.3 is 5.97 Å². The number of aliphatic carboxylic acids is 1. The second-order valence-corrected chi connectivity index (χ2v) is 11.1. The molecule has 2 N–H and O–H groups in total. The molecule has 0 fully saturated rings. The number of aryl methyl sites for hydroxylation is 1. The van der Waals surface area contributed by atoms with Crippen molar-refractivity contribution in [1.29, 1.82) is 0 Å². The highest BCUT2D eigenvalue weighted by atomic mass is 19.1. The zero-order chi connectivity index (χ0) is 27.8. The number of benzene rings is 3. The molecule has 6 nitrogen and oxygen atoms in total. The number of hydrogen-bond donors (Lipinski definition) is 2. The Labute approximate surface area is 222 Å². The first-order valence-corrected chi connectivity index (χ1v) is 12.7. The fraction of sp³-hybridized carbons (Fsp3) is 0.355. The van der Waals surface area contributed by atoms with Crippen LogP contribution in [0.25, 0.3) is 32.8 Å². The lowest BCUT2D eigenvalue weighted by Crippen LogP contribution is -2.12. The van der Waals surface area contributed by atoms with E-state index in [-0.39, 0.29) is 12.2 Å². The van der Waals surface area contributed by atoms with Crippen molar-refractivity contribution >= 4 is 27.6 Å². The second kappa shape index (κ2) is 10.7. The van der Waals surface area contributed by atoms with Gasteiger partial charge in [-0.15, -0.1) is 0 Å². The normalized spacial score (nSPS) is 12.9. The maximum atomic E-state index is 15.6. The van der Waals surface area contributed by atoms with E-state index < -0.39 is 11.6 Å². The third kappa shape index (κ3) is 5.79. The monoisotopic (exact) mass is 518 g/mol. The van der Waals surface area contributed by atoms with E-state index in [0.717, 1.165) is 45.3 Å². The largest absolute Gasteiger partial charge is 0.493 e. The van der Waals surface area contributed by atoms with Crippen LogP contribution in [-0.2, 0) is 24.2 Å². The smallest absolute Gasteiger partial charge is 0.307 e. The summed E-state index contributed by atoms with van der Waals surface area (Å²) < 4.78 is 21.5. The first kappa shape index (κ1) is 27.5. The highest BCUT2D eigenvalue weighted by molar-refractivity contribution is 6.08. The zero-order valence-electron chi connectivity index (χ0n) is 22.9. The molecule has 3 aromatic carbocycles. The molecule has 0 saturated carbocycles. The number of carbonyl (C=O) groups is 1. The van der Waals surface area contributed by atoms with Gasteiger partial charge in [-0.2, -0.15) is 0 Å². The van der Waals surface area contributed by atoms with Crippen LogP contribution in [0.4, 0.5) is 4.39 Å². The van der Waals surface area contributed by atoms with Crippen molar-refractivity contribution in [1.82, 2.24) is 9.88 Å². The van der Waals surface area contributed by atoms with E-state index >= 15 is 4.39 Å². The summed E-state index contributed by atoms with van der Waals surface area (Å²) in [7, 11) is 3.80. The van der Waals surface area contributed by atoms with Crippen molar-refractivity contribution in [2.75, 3.05) is 20.7 Å². The van der Waals surface area contributed by atoms with Crippen molar-refractivity contribution in [2.45, 2.75) is 52.7 Å². The van der Waals surface area contributed by atoms with Crippen LogP contribution in [0.15, 0.2) is 42.6 Å². The molecule has 0 radical (unpaired) electrons. The highest BCUT2D eigenvalue weighted by Gasteiger charge is 2.23. The Morgan fingerprint density at radius 3 is 2.50 bits per heavy atom. The summed E-state index contributed by atoms with van der Waals surface area (Å²) in [5, 5.41) is 20.3. The van der Waals surface area contributed by atoms with E-state index in [1.165, 1.54) is 0 Å². The number of pyridine rings is 1. The number of aromatic nitrogens is 1. The minimum Gasteiger partial charge on any atom is -0.493 e. The molecule has 0 aliphatic carbocycles. The molecule has 7 heteroatoms. The molecule has 1 aliphatic rings. The average Bonchev–Trinajstić information content (AvgIpc) is 2.81. The van der Waals surface area contributed by atoms with E-state index in [1.807, 2.05) is 50.2 Å². The number of aliphatic hydroxyl groups is 1. The molecular weight excluding hydrogens is 483 g/mol. The molecule has 1 aliphatic heterocycles. The van der Waals surface area contributed by atoms with E-state index in [4.69, 9.17) is 9.84 Å². The molecule has 0 bridgehead atoms. The number of fused-ring (bicyclic) bond motifs is 1. The Balaban J connectivity index is 0.000000617. The van der Waals surface area contributed by atoms with Crippen LogP contribution in [0, 0.1) is 12.7 Å². The number of hydrogen-bond acceptors (Lipinski definition) is 5. The summed E-state index contributed by atoms with van der Waals surface area (Å²) in [6, 6.07) is 11.3. The van der Waals surface area contributed by atoms with Crippen LogP contribution < -0.4 is 4.74 Å². The molecule has 0 atom stereocenters. The minimum absolute atomic E-state index is 0.155. The van der Waals surface area contributed by atoms with Crippen molar-refractivity contribution in [3.8, 4) is 16.9 Å². The van der Waals surface area contributed by atoms with Crippen molar-refractivity contribution in [2.24, 2.45) is 0 Å². The van der Waals surface area contributed by atoms with E-state index in [2.05, 4.69) is 4.98 Å². The third-order valence-corrected chi connectivity index (χ3v) is 6.32. The molecule has 0 spiro atoms. The summed E-state index contributed by atoms with van der Waals surface area (Å²) in [5.41, 5.74) is 4.95. The maximum Gasteiger partial charge on any atom is 0.307 e. The van der Waals surface area contributed by atoms with Gasteiger partial charge < -0.3 is 19.8 Å². The van der Waals surface area contributed by atoms with Crippen LogP contribution in [0.5, 0.6) is 5.75 Å². The molecule has 1 aromatic heterocycles. The number of ether oxygens (including phenoxy) is 1. The molecule has 200 valence electrons. The predicted molar refractivity (Wildman–Crippen MR) is 149 cm³/mol. The molecule has 4 aromatic rings. The fourth-order valence-corrected chi connectivity index (χ4v) is 4.91. The van der Waals surface area contributed by atoms with Gasteiger partial charge in [-0.1, -0.05) is 12.1 Å². The standard InChI is InChI=1S/C27H25FN2O3.C4H10O/c1-15-12-21-18(5-4-17(26(21)28)14-30(2)3)25(20(15)13-23(31)32)19-6-7-22-24-16(9-11-33-22)8-10-29-27(19)24;1-4(2,3)5/h4-8,10,12H,9,11,13-14H2,1-3H3,(H,31,32);5H,1-3H3. The first-order chi connectivity index (χ1) is 17.8. The van der Waals surface area contributed by atoms with Crippen molar-refractivity contribution in [3.63, 3.8) is 0 Å². The summed E-state index contributed by atoms with van der Waals surface area (Å²) in [4.78, 5) is 18.4. The maximum absolute atomic E-state index is 15.6. The van der Waals surface area contributed by atoms with Gasteiger partial charge in [-0.25, -0.2) is 4.39 Å². The Bertz CT molecular complexity index is 1510. The lowest BCUT2D eigenvalue weighted by atomic mass is 9.86. The van der Waals surface area contributed by atoms with Gasteiger partial charge in [0.25, 0.3) is 0 Å². The Morgan fingerprint density at radius 1 is 1.13 bits per heavy atom. The van der Waals surface area contributed by atoms with Gasteiger partial charge in [0, 0.05) is 41.1 Å². The van der Waals surface area contributed by atoms with Gasteiger partial charge in [-0.3, -0.25) is 9.78 Å². The number of carboxylic acids is 1. The fourth-order valence-electron chi connectivity index (χ4n) is 4.91. The topological polar surface area (TPSA) is 82.9 Å². The average molecular weight is 519 g/mol. The van der Waals surface area contributed by atoms with Crippen LogP contribution in [0.1, 0.15) is 43.0 Å². The quantitative estimate of drug-likeness (QED) is 0.342. The number of nitrogens with zero attached hydrogens (tertiary/aromatic N) is 2. The number of carboxylic acid groups (broad SMARTS) is 1. The lowest BCUT2D eigenvalue weighted by molar-refractivity contribution is -0.136. The first-order valence-electron chi connectivity index (χ1n) is 12.7. The highest BCUT2D eigenvalue weighted by Crippen LogP contribution is 2.43. The van der Waals surface area contributed by atoms with Crippen LogP contribution in [0.2, 0.25) is 0 Å². The SMILES string of the molecule is CC(C)(C)O.Cc1cc2c(F)c(CN(C)C)ccc2c(-c2ccc3c4c(ccnc24)CCO3)c1CC(=O)O. The molecule has 5 rings (SSSR count). The van der Waals surface area contributed by atoms with Gasteiger partial charge in [-0.05, 0) is 93.7 Å². The van der Waals surface area contributed by atoms with Gasteiger partial charge in [0.15, 0.2) is 0 Å². The number of rotatable bonds is 5. The lowest BCUT2D eigenvalue weighted by Gasteiger charge is -2.22. The summed E-state index contributed by atoms with van der Waals surface area (Å²) in [5.74, 6) is -0.423. The van der Waals surface area contributed by atoms with E-state index in [9.17, 15) is 9.90 Å². The molecule has 38 heavy (non-hydrogen) atoms. The predicted octanol–water partition coefficient (Wildman–Crippen LogP) is 5.90. The van der Waals surface area contributed by atoms with Gasteiger partial charge in [0.05, 0.1) is 24.1 Å². The Kier molecular flexibility index (Phi) is 7.72.